The molecule has 0 unspecified atom stereocenters. The third kappa shape index (κ3) is 7.30. The van der Waals surface area contributed by atoms with E-state index in [1.54, 1.807) is 12.1 Å². The molecule has 0 aliphatic carbocycles. The van der Waals surface area contributed by atoms with Crippen LogP contribution in [0.15, 0.2) is 36.8 Å². The minimum atomic E-state index is -0.426. The molecule has 0 bridgehead atoms. The van der Waals surface area contributed by atoms with E-state index in [0.29, 0.717) is 12.2 Å². The summed E-state index contributed by atoms with van der Waals surface area (Å²) < 4.78 is 10.0. The first kappa shape index (κ1) is 18.3. The Morgan fingerprint density at radius 2 is 1.64 bits per heavy atom. The standard InChI is InChI=1S/C19H28O3/c1-4-6-7-8-9-10-11-17-12-14-18(15-13-17)19(20)22-16(3)21-5-2/h12-15H,3-11H2,1-2H3. The van der Waals surface area contributed by atoms with E-state index >= 15 is 0 Å². The number of rotatable bonds is 11. The van der Waals surface area contributed by atoms with Crippen LogP contribution in [0.1, 0.15) is 68.3 Å². The smallest absolute Gasteiger partial charge is 0.345 e. The largest absolute Gasteiger partial charge is 0.466 e. The van der Waals surface area contributed by atoms with E-state index in [1.807, 2.05) is 19.1 Å². The molecule has 1 aromatic rings. The fraction of sp³-hybridized carbons (Fsp3) is 0.526. The summed E-state index contributed by atoms with van der Waals surface area (Å²) in [7, 11) is 0. The van der Waals surface area contributed by atoms with Gasteiger partial charge >= 0.3 is 5.97 Å². The number of esters is 1. The molecule has 1 rings (SSSR count). The van der Waals surface area contributed by atoms with Crippen LogP contribution in [-0.4, -0.2) is 12.6 Å². The topological polar surface area (TPSA) is 35.5 Å². The van der Waals surface area contributed by atoms with Gasteiger partial charge in [0.15, 0.2) is 0 Å². The first-order valence-corrected chi connectivity index (χ1v) is 8.30. The lowest BCUT2D eigenvalue weighted by Gasteiger charge is -2.08. The third-order valence-electron chi connectivity index (χ3n) is 3.52. The predicted molar refractivity (Wildman–Crippen MR) is 89.7 cm³/mol. The van der Waals surface area contributed by atoms with Crippen LogP contribution in [-0.2, 0) is 15.9 Å². The lowest BCUT2D eigenvalue weighted by atomic mass is 10.0. The molecule has 0 aliphatic heterocycles. The van der Waals surface area contributed by atoms with Gasteiger partial charge in [0.05, 0.1) is 12.2 Å². The van der Waals surface area contributed by atoms with Crippen LogP contribution in [0.4, 0.5) is 0 Å². The summed E-state index contributed by atoms with van der Waals surface area (Å²) in [6.45, 7) is 8.02. The van der Waals surface area contributed by atoms with Crippen LogP contribution in [0, 0.1) is 0 Å². The van der Waals surface area contributed by atoms with E-state index in [0.717, 1.165) is 6.42 Å². The van der Waals surface area contributed by atoms with Crippen molar-refractivity contribution < 1.29 is 14.3 Å². The first-order valence-electron chi connectivity index (χ1n) is 8.30. The second-order valence-corrected chi connectivity index (χ2v) is 5.41. The number of aryl methyl sites for hydroxylation is 1. The van der Waals surface area contributed by atoms with E-state index < -0.39 is 5.97 Å². The van der Waals surface area contributed by atoms with Crippen molar-refractivity contribution in [3.05, 3.63) is 47.9 Å². The van der Waals surface area contributed by atoms with E-state index in [4.69, 9.17) is 9.47 Å². The lowest BCUT2D eigenvalue weighted by Crippen LogP contribution is -2.06. The number of hydrogen-bond acceptors (Lipinski definition) is 3. The fourth-order valence-electron chi connectivity index (χ4n) is 2.27. The van der Waals surface area contributed by atoms with Crippen molar-refractivity contribution in [2.24, 2.45) is 0 Å². The Balaban J connectivity index is 2.33. The van der Waals surface area contributed by atoms with Crippen molar-refractivity contribution in [1.82, 2.24) is 0 Å². The Morgan fingerprint density at radius 1 is 1.00 bits per heavy atom. The van der Waals surface area contributed by atoms with Crippen LogP contribution in [0.3, 0.4) is 0 Å². The quantitative estimate of drug-likeness (QED) is 0.318. The highest BCUT2D eigenvalue weighted by Gasteiger charge is 2.09. The summed E-state index contributed by atoms with van der Waals surface area (Å²) in [5.74, 6) is -0.381. The molecular weight excluding hydrogens is 276 g/mol. The van der Waals surface area contributed by atoms with Crippen LogP contribution in [0.2, 0.25) is 0 Å². The highest BCUT2D eigenvalue weighted by molar-refractivity contribution is 5.89. The van der Waals surface area contributed by atoms with Gasteiger partial charge in [-0.25, -0.2) is 4.79 Å². The van der Waals surface area contributed by atoms with Crippen LogP contribution in [0.25, 0.3) is 0 Å². The van der Waals surface area contributed by atoms with Gasteiger partial charge in [0, 0.05) is 0 Å². The maximum Gasteiger partial charge on any atom is 0.345 e. The Labute approximate surface area is 134 Å². The SMILES string of the molecule is C=C(OCC)OC(=O)c1ccc(CCCCCCCC)cc1. The Morgan fingerprint density at radius 3 is 2.27 bits per heavy atom. The molecule has 0 saturated heterocycles. The van der Waals surface area contributed by atoms with Gasteiger partial charge in [-0.2, -0.15) is 0 Å². The molecular formula is C19H28O3. The molecule has 0 saturated carbocycles. The average Bonchev–Trinajstić information content (AvgIpc) is 2.51. The Bertz CT molecular complexity index is 448. The maximum atomic E-state index is 11.8. The van der Waals surface area contributed by atoms with Gasteiger partial charge in [0.1, 0.15) is 0 Å². The number of ether oxygens (including phenoxy) is 2. The van der Waals surface area contributed by atoms with Crippen molar-refractivity contribution in [3.63, 3.8) is 0 Å². The van der Waals surface area contributed by atoms with Gasteiger partial charge in [-0.15, -0.1) is 0 Å². The normalized spacial score (nSPS) is 10.3. The van der Waals surface area contributed by atoms with Gasteiger partial charge in [0.2, 0.25) is 0 Å². The molecule has 0 amide bonds. The number of carbonyl (C=O) groups is 1. The molecule has 0 fully saturated rings. The Kier molecular flexibility index (Phi) is 9.04. The van der Waals surface area contributed by atoms with E-state index in [9.17, 15) is 4.79 Å². The summed E-state index contributed by atoms with van der Waals surface area (Å²) in [5, 5.41) is 0. The molecule has 0 atom stereocenters. The maximum absolute atomic E-state index is 11.8. The van der Waals surface area contributed by atoms with E-state index in [-0.39, 0.29) is 5.95 Å². The fourth-order valence-corrected chi connectivity index (χ4v) is 2.27. The molecule has 1 aromatic carbocycles. The van der Waals surface area contributed by atoms with E-state index in [2.05, 4.69) is 13.5 Å². The van der Waals surface area contributed by atoms with Gasteiger partial charge in [-0.3, -0.25) is 0 Å². The monoisotopic (exact) mass is 304 g/mol. The minimum Gasteiger partial charge on any atom is -0.466 e. The second-order valence-electron chi connectivity index (χ2n) is 5.41. The molecule has 0 aromatic heterocycles. The molecule has 22 heavy (non-hydrogen) atoms. The van der Waals surface area contributed by atoms with Crippen LogP contribution < -0.4 is 0 Å². The summed E-state index contributed by atoms with van der Waals surface area (Å²) in [6.07, 6.45) is 8.82. The number of carbonyl (C=O) groups excluding carboxylic acids is 1. The van der Waals surface area contributed by atoms with Crippen LogP contribution >= 0.6 is 0 Å². The number of benzene rings is 1. The summed E-state index contributed by atoms with van der Waals surface area (Å²) in [6, 6.07) is 7.58. The highest BCUT2D eigenvalue weighted by Crippen LogP contribution is 2.12. The van der Waals surface area contributed by atoms with Crippen LogP contribution in [0.5, 0.6) is 0 Å². The molecule has 3 nitrogen and oxygen atoms in total. The zero-order valence-corrected chi connectivity index (χ0v) is 13.9. The Hall–Kier alpha value is -1.77. The number of hydrogen-bond donors (Lipinski definition) is 0. The number of unbranched alkanes of at least 4 members (excludes halogenated alkanes) is 5. The van der Waals surface area contributed by atoms with Crippen molar-refractivity contribution in [3.8, 4) is 0 Å². The van der Waals surface area contributed by atoms with E-state index in [1.165, 1.54) is 44.1 Å². The van der Waals surface area contributed by atoms with Gasteiger partial charge in [-0.05, 0) is 44.0 Å². The zero-order valence-electron chi connectivity index (χ0n) is 13.9. The molecule has 0 radical (unpaired) electrons. The molecule has 122 valence electrons. The van der Waals surface area contributed by atoms with Gasteiger partial charge in [0.25, 0.3) is 5.95 Å². The molecule has 3 heteroatoms. The zero-order chi connectivity index (χ0) is 16.2. The lowest BCUT2D eigenvalue weighted by molar-refractivity contribution is 0.0292. The third-order valence-corrected chi connectivity index (χ3v) is 3.52. The van der Waals surface area contributed by atoms with Crippen molar-refractivity contribution in [1.29, 1.82) is 0 Å². The van der Waals surface area contributed by atoms with Gasteiger partial charge < -0.3 is 9.47 Å². The summed E-state index contributed by atoms with van der Waals surface area (Å²) in [4.78, 5) is 11.8. The van der Waals surface area contributed by atoms with Gasteiger partial charge in [-0.1, -0.05) is 51.2 Å². The van der Waals surface area contributed by atoms with Crippen molar-refractivity contribution in [2.75, 3.05) is 6.61 Å². The first-order chi connectivity index (χ1) is 10.7. The highest BCUT2D eigenvalue weighted by atomic mass is 16.7. The molecule has 0 aliphatic rings. The molecule has 0 spiro atoms. The second kappa shape index (κ2) is 10.9. The van der Waals surface area contributed by atoms with Crippen molar-refractivity contribution in [2.45, 2.75) is 58.8 Å². The molecule has 0 N–H and O–H groups in total. The summed E-state index contributed by atoms with van der Waals surface area (Å²) >= 11 is 0. The predicted octanol–water partition coefficient (Wildman–Crippen LogP) is 5.25. The summed E-state index contributed by atoms with van der Waals surface area (Å²) in [5.41, 5.74) is 1.78. The molecule has 0 heterocycles. The van der Waals surface area contributed by atoms with Crippen molar-refractivity contribution >= 4 is 5.97 Å². The minimum absolute atomic E-state index is 0.0451. The average molecular weight is 304 g/mol.